The van der Waals surface area contributed by atoms with E-state index in [0.29, 0.717) is 28.7 Å². The lowest BCUT2D eigenvalue weighted by atomic mass is 10.1. The van der Waals surface area contributed by atoms with Gasteiger partial charge in [-0.2, -0.15) is 5.10 Å². The zero-order valence-electron chi connectivity index (χ0n) is 19.3. The summed E-state index contributed by atoms with van der Waals surface area (Å²) in [7, 11) is 1.49. The Kier molecular flexibility index (Phi) is 6.52. The number of hydrogen-bond acceptors (Lipinski definition) is 7. The summed E-state index contributed by atoms with van der Waals surface area (Å²) in [4.78, 5) is 21.4. The molecule has 2 aromatic carbocycles. The maximum atomic E-state index is 12.7. The van der Waals surface area contributed by atoms with Crippen LogP contribution in [0, 0.1) is 0 Å². The van der Waals surface area contributed by atoms with Crippen LogP contribution in [0.1, 0.15) is 34.8 Å². The fourth-order valence-electron chi connectivity index (χ4n) is 4.45. The van der Waals surface area contributed by atoms with Gasteiger partial charge in [-0.15, -0.1) is 0 Å². The highest BCUT2D eigenvalue weighted by atomic mass is 35.5. The highest BCUT2D eigenvalue weighted by Gasteiger charge is 2.23. The SMILES string of the molecule is COc1c(Cl)cccc1C(=O)NCc1ccc(-c2nn([C@@H]3CCCNC3)c3ncnc(N)c23)cc1. The van der Waals surface area contributed by atoms with Gasteiger partial charge in [0.15, 0.2) is 5.65 Å². The summed E-state index contributed by atoms with van der Waals surface area (Å²) in [5, 5.41) is 12.4. The molecule has 1 saturated heterocycles. The Bertz CT molecular complexity index is 1360. The molecule has 4 aromatic rings. The summed E-state index contributed by atoms with van der Waals surface area (Å²) in [5.74, 6) is 0.508. The molecule has 1 aliphatic rings. The molecule has 2 aromatic heterocycles. The van der Waals surface area contributed by atoms with Crippen LogP contribution in [-0.4, -0.2) is 45.9 Å². The predicted molar refractivity (Wildman–Crippen MR) is 135 cm³/mol. The lowest BCUT2D eigenvalue weighted by Crippen LogP contribution is -2.32. The van der Waals surface area contributed by atoms with Crippen molar-refractivity contribution >= 4 is 34.4 Å². The fourth-order valence-corrected chi connectivity index (χ4v) is 4.70. The van der Waals surface area contributed by atoms with Gasteiger partial charge >= 0.3 is 0 Å². The van der Waals surface area contributed by atoms with E-state index in [1.807, 2.05) is 28.9 Å². The van der Waals surface area contributed by atoms with Crippen LogP contribution < -0.4 is 21.1 Å². The molecule has 0 bridgehead atoms. The number of carbonyl (C=O) groups excluding carboxylic acids is 1. The summed E-state index contributed by atoms with van der Waals surface area (Å²) in [6, 6.07) is 13.2. The molecule has 0 radical (unpaired) electrons. The van der Waals surface area contributed by atoms with E-state index in [1.165, 1.54) is 13.4 Å². The van der Waals surface area contributed by atoms with Crippen LogP contribution in [0.4, 0.5) is 5.82 Å². The van der Waals surface area contributed by atoms with Crippen LogP contribution >= 0.6 is 11.6 Å². The Morgan fingerprint density at radius 1 is 1.26 bits per heavy atom. The summed E-state index contributed by atoms with van der Waals surface area (Å²) >= 11 is 6.14. The maximum Gasteiger partial charge on any atom is 0.255 e. The van der Waals surface area contributed by atoms with Crippen molar-refractivity contribution in [2.45, 2.75) is 25.4 Å². The molecule has 4 N–H and O–H groups in total. The van der Waals surface area contributed by atoms with Crippen molar-refractivity contribution in [2.24, 2.45) is 0 Å². The third-order valence-electron chi connectivity index (χ3n) is 6.23. The van der Waals surface area contributed by atoms with Crippen molar-refractivity contribution in [3.63, 3.8) is 0 Å². The van der Waals surface area contributed by atoms with E-state index in [-0.39, 0.29) is 11.9 Å². The van der Waals surface area contributed by atoms with E-state index in [4.69, 9.17) is 27.2 Å². The first-order chi connectivity index (χ1) is 17.1. The maximum absolute atomic E-state index is 12.7. The van der Waals surface area contributed by atoms with Crippen molar-refractivity contribution in [3.8, 4) is 17.0 Å². The van der Waals surface area contributed by atoms with Gasteiger partial charge in [0.2, 0.25) is 0 Å². The molecule has 35 heavy (non-hydrogen) atoms. The van der Waals surface area contributed by atoms with Crippen molar-refractivity contribution in [2.75, 3.05) is 25.9 Å². The number of piperidine rings is 1. The minimum atomic E-state index is -0.260. The Labute approximate surface area is 207 Å². The molecule has 1 aliphatic heterocycles. The van der Waals surface area contributed by atoms with Crippen molar-refractivity contribution < 1.29 is 9.53 Å². The second kappa shape index (κ2) is 9.89. The predicted octanol–water partition coefficient (Wildman–Crippen LogP) is 3.59. The number of nitrogens with two attached hydrogens (primary N) is 1. The topological polar surface area (TPSA) is 120 Å². The number of benzene rings is 2. The first kappa shape index (κ1) is 23.1. The lowest BCUT2D eigenvalue weighted by Gasteiger charge is -2.23. The van der Waals surface area contributed by atoms with Gasteiger partial charge in [-0.25, -0.2) is 14.6 Å². The minimum Gasteiger partial charge on any atom is -0.494 e. The van der Waals surface area contributed by atoms with Gasteiger partial charge < -0.3 is 21.1 Å². The number of fused-ring (bicyclic) bond motifs is 1. The highest BCUT2D eigenvalue weighted by Crippen LogP contribution is 2.33. The molecule has 0 saturated carbocycles. The number of nitrogens with zero attached hydrogens (tertiary/aromatic N) is 4. The van der Waals surface area contributed by atoms with E-state index >= 15 is 0 Å². The molecule has 1 fully saturated rings. The lowest BCUT2D eigenvalue weighted by molar-refractivity contribution is 0.0948. The van der Waals surface area contributed by atoms with Gasteiger partial charge in [-0.05, 0) is 37.1 Å². The van der Waals surface area contributed by atoms with Crippen LogP contribution in [0.5, 0.6) is 5.75 Å². The van der Waals surface area contributed by atoms with Crippen LogP contribution in [0.25, 0.3) is 22.3 Å². The zero-order chi connectivity index (χ0) is 24.4. The Hall–Kier alpha value is -3.69. The van der Waals surface area contributed by atoms with Gasteiger partial charge in [0, 0.05) is 18.7 Å². The van der Waals surface area contributed by atoms with Crippen LogP contribution in [0.2, 0.25) is 5.02 Å². The van der Waals surface area contributed by atoms with Crippen LogP contribution in [0.3, 0.4) is 0 Å². The average molecular weight is 492 g/mol. The standard InChI is InChI=1S/C25H26ClN7O2/c1-35-22-18(5-2-6-19(22)26)25(34)29-12-15-7-9-16(10-8-15)21-20-23(27)30-14-31-24(20)33(32-21)17-4-3-11-28-13-17/h2,5-10,14,17,28H,3-4,11-13H2,1H3,(H,29,34)(H2,27,30,31)/t17-/m1/s1. The number of hydrogen-bond donors (Lipinski definition) is 3. The smallest absolute Gasteiger partial charge is 0.255 e. The number of methoxy groups -OCH3 is 1. The van der Waals surface area contributed by atoms with Gasteiger partial charge in [-0.3, -0.25) is 4.79 Å². The molecule has 9 nitrogen and oxygen atoms in total. The molecular formula is C25H26ClN7O2. The van der Waals surface area contributed by atoms with Gasteiger partial charge in [0.25, 0.3) is 5.91 Å². The fraction of sp³-hybridized carbons (Fsp3) is 0.280. The average Bonchev–Trinajstić information content (AvgIpc) is 3.29. The number of anilines is 1. The number of amides is 1. The Morgan fingerprint density at radius 3 is 2.83 bits per heavy atom. The third-order valence-corrected chi connectivity index (χ3v) is 6.53. The number of aromatic nitrogens is 4. The van der Waals surface area contributed by atoms with E-state index in [1.54, 1.807) is 18.2 Å². The van der Waals surface area contributed by atoms with Crippen LogP contribution in [0.15, 0.2) is 48.8 Å². The normalized spacial score (nSPS) is 15.8. The second-order valence-electron chi connectivity index (χ2n) is 8.45. The number of nitrogen functional groups attached to an aromatic ring is 1. The van der Waals surface area contributed by atoms with Gasteiger partial charge in [-0.1, -0.05) is 41.9 Å². The summed E-state index contributed by atoms with van der Waals surface area (Å²) < 4.78 is 7.25. The monoisotopic (exact) mass is 491 g/mol. The summed E-state index contributed by atoms with van der Waals surface area (Å²) in [6.07, 6.45) is 3.60. The van der Waals surface area contributed by atoms with Gasteiger partial charge in [0.05, 0.1) is 29.1 Å². The first-order valence-electron chi connectivity index (χ1n) is 11.5. The van der Waals surface area contributed by atoms with Crippen molar-refractivity contribution in [1.29, 1.82) is 0 Å². The Morgan fingerprint density at radius 2 is 2.09 bits per heavy atom. The number of para-hydroxylation sites is 1. The van der Waals surface area contributed by atoms with Crippen molar-refractivity contribution in [1.82, 2.24) is 30.4 Å². The summed E-state index contributed by atoms with van der Waals surface area (Å²) in [6.45, 7) is 2.21. The van der Waals surface area contributed by atoms with E-state index in [0.717, 1.165) is 53.8 Å². The largest absolute Gasteiger partial charge is 0.494 e. The molecule has 180 valence electrons. The molecule has 10 heteroatoms. The third kappa shape index (κ3) is 4.52. The number of ether oxygens (including phenoxy) is 1. The molecule has 3 heterocycles. The summed E-state index contributed by atoms with van der Waals surface area (Å²) in [5.41, 5.74) is 9.98. The quantitative estimate of drug-likeness (QED) is 0.377. The molecule has 0 aliphatic carbocycles. The number of carbonyl (C=O) groups is 1. The van der Waals surface area contributed by atoms with Crippen molar-refractivity contribution in [3.05, 3.63) is 64.9 Å². The number of halogens is 1. The molecule has 1 amide bonds. The molecular weight excluding hydrogens is 466 g/mol. The second-order valence-corrected chi connectivity index (χ2v) is 8.86. The van der Waals surface area contributed by atoms with Crippen LogP contribution in [-0.2, 0) is 6.54 Å². The van der Waals surface area contributed by atoms with Gasteiger partial charge in [0.1, 0.15) is 23.6 Å². The molecule has 5 rings (SSSR count). The Balaban J connectivity index is 1.38. The zero-order valence-corrected chi connectivity index (χ0v) is 20.0. The van der Waals surface area contributed by atoms with E-state index in [9.17, 15) is 4.79 Å². The molecule has 1 atom stereocenters. The number of rotatable bonds is 6. The molecule has 0 unspecified atom stereocenters. The van der Waals surface area contributed by atoms with E-state index < -0.39 is 0 Å². The minimum absolute atomic E-state index is 0.215. The highest BCUT2D eigenvalue weighted by molar-refractivity contribution is 6.32. The molecule has 0 spiro atoms. The van der Waals surface area contributed by atoms with E-state index in [2.05, 4.69) is 20.6 Å². The number of nitrogens with one attached hydrogen (secondary N) is 2. The first-order valence-corrected chi connectivity index (χ1v) is 11.8.